The molecule has 1 aromatic carbocycles. The number of esters is 1. The molecule has 1 unspecified atom stereocenters. The summed E-state index contributed by atoms with van der Waals surface area (Å²) in [4.78, 5) is 16.3. The summed E-state index contributed by atoms with van der Waals surface area (Å²) in [6, 6.07) is 7.81. The lowest BCUT2D eigenvalue weighted by Crippen LogP contribution is -2.55. The Morgan fingerprint density at radius 1 is 1.36 bits per heavy atom. The molecule has 1 heterocycles. The van der Waals surface area contributed by atoms with Crippen LogP contribution in [0.1, 0.15) is 26.3 Å². The molecule has 25 heavy (non-hydrogen) atoms. The molecule has 1 aliphatic heterocycles. The van der Waals surface area contributed by atoms with Crippen LogP contribution in [0.2, 0.25) is 0 Å². The predicted octanol–water partition coefficient (Wildman–Crippen LogP) is 1.20. The van der Waals surface area contributed by atoms with E-state index in [9.17, 15) is 9.90 Å². The minimum Gasteiger partial charge on any atom is -0.459 e. The van der Waals surface area contributed by atoms with Crippen molar-refractivity contribution >= 4 is 25.2 Å². The largest absolute Gasteiger partial charge is 0.459 e. The molecule has 2 rings (SSSR count). The van der Waals surface area contributed by atoms with Gasteiger partial charge < -0.3 is 15.6 Å². The number of carbonyl (C=O) groups excluding carboxylic acids is 1. The Kier molecular flexibility index (Phi) is 8.21. The lowest BCUT2D eigenvalue weighted by molar-refractivity contribution is -0.157. The van der Waals surface area contributed by atoms with Crippen molar-refractivity contribution in [2.24, 2.45) is 0 Å². The summed E-state index contributed by atoms with van der Waals surface area (Å²) in [6.07, 6.45) is 0. The van der Waals surface area contributed by atoms with E-state index in [1.165, 1.54) is 0 Å². The molecule has 0 aromatic heterocycles. The van der Waals surface area contributed by atoms with Crippen LogP contribution in [0.15, 0.2) is 24.3 Å². The predicted molar refractivity (Wildman–Crippen MR) is 105 cm³/mol. The second kappa shape index (κ2) is 9.43. The molecule has 0 amide bonds. The van der Waals surface area contributed by atoms with Gasteiger partial charge in [0.25, 0.3) is 0 Å². The number of benzene rings is 1. The molecule has 6 nitrogen and oxygen atoms in total. The number of aliphatic hydroxyl groups is 1. The van der Waals surface area contributed by atoms with Gasteiger partial charge in [-0.15, -0.1) is 0 Å². The first kappa shape index (κ1) is 21.8. The van der Waals surface area contributed by atoms with Crippen LogP contribution in [0, 0.1) is 0 Å². The summed E-state index contributed by atoms with van der Waals surface area (Å²) in [7, 11) is 0. The van der Waals surface area contributed by atoms with E-state index < -0.39 is 5.60 Å². The summed E-state index contributed by atoms with van der Waals surface area (Å²) in [6.45, 7) is 8.89. The van der Waals surface area contributed by atoms with Crippen molar-refractivity contribution in [1.82, 2.24) is 9.80 Å². The van der Waals surface area contributed by atoms with E-state index in [-0.39, 0.29) is 38.7 Å². The maximum atomic E-state index is 12.0. The van der Waals surface area contributed by atoms with Crippen molar-refractivity contribution in [3.63, 3.8) is 0 Å². The van der Waals surface area contributed by atoms with Crippen LogP contribution in [0.3, 0.4) is 0 Å². The first-order valence-corrected chi connectivity index (χ1v) is 8.40. The number of rotatable bonds is 5. The smallest absolute Gasteiger partial charge is 0.320 e. The van der Waals surface area contributed by atoms with E-state index in [4.69, 9.17) is 10.5 Å². The number of nitrogens with zero attached hydrogens (tertiary/aromatic N) is 2. The zero-order valence-electron chi connectivity index (χ0n) is 15.4. The highest BCUT2D eigenvalue weighted by Gasteiger charge is 2.28. The standard InChI is InChI=1S/C18H29N3O3.H2S/c1-18(2,3)24-17(23)12-20-7-8-21(16(11-20)13-22)10-14-5-4-6-15(19)9-14;/h4-6,9,16,22H,7-8,10-13,19H2,1-3H3;1H2. The Morgan fingerprint density at radius 2 is 2.08 bits per heavy atom. The Balaban J connectivity index is 0.00000312. The van der Waals surface area contributed by atoms with Crippen LogP contribution in [0.5, 0.6) is 0 Å². The van der Waals surface area contributed by atoms with Crippen molar-refractivity contribution in [1.29, 1.82) is 0 Å². The van der Waals surface area contributed by atoms with Gasteiger partial charge in [0, 0.05) is 37.9 Å². The Labute approximate surface area is 157 Å². The number of hydrogen-bond donors (Lipinski definition) is 2. The van der Waals surface area contributed by atoms with Crippen molar-refractivity contribution < 1.29 is 14.6 Å². The molecule has 3 N–H and O–H groups in total. The molecule has 0 bridgehead atoms. The van der Waals surface area contributed by atoms with E-state index in [1.807, 2.05) is 49.9 Å². The third-order valence-electron chi connectivity index (χ3n) is 4.01. The van der Waals surface area contributed by atoms with Crippen LogP contribution < -0.4 is 5.73 Å². The summed E-state index contributed by atoms with van der Waals surface area (Å²) in [5.41, 5.74) is 7.24. The van der Waals surface area contributed by atoms with Gasteiger partial charge in [-0.05, 0) is 38.5 Å². The van der Waals surface area contributed by atoms with Crippen molar-refractivity contribution in [2.75, 3.05) is 38.5 Å². The van der Waals surface area contributed by atoms with Crippen molar-refractivity contribution in [3.05, 3.63) is 29.8 Å². The summed E-state index contributed by atoms with van der Waals surface area (Å²) in [5.74, 6) is -0.219. The van der Waals surface area contributed by atoms with Crippen LogP contribution in [-0.2, 0) is 16.1 Å². The van der Waals surface area contributed by atoms with Crippen molar-refractivity contribution in [2.45, 2.75) is 39.0 Å². The fourth-order valence-corrected chi connectivity index (χ4v) is 2.96. The quantitative estimate of drug-likeness (QED) is 0.600. The maximum Gasteiger partial charge on any atom is 0.320 e. The molecule has 7 heteroatoms. The van der Waals surface area contributed by atoms with Crippen LogP contribution in [-0.4, -0.2) is 65.3 Å². The molecule has 0 saturated carbocycles. The van der Waals surface area contributed by atoms with E-state index in [0.29, 0.717) is 6.54 Å². The molecule has 1 aromatic rings. The van der Waals surface area contributed by atoms with Gasteiger partial charge in [0.1, 0.15) is 5.60 Å². The summed E-state index contributed by atoms with van der Waals surface area (Å²) < 4.78 is 5.37. The van der Waals surface area contributed by atoms with E-state index in [2.05, 4.69) is 4.90 Å². The Hall–Kier alpha value is -1.28. The molecular weight excluding hydrogens is 338 g/mol. The van der Waals surface area contributed by atoms with Gasteiger partial charge in [0.05, 0.1) is 13.2 Å². The van der Waals surface area contributed by atoms with Gasteiger partial charge in [0.2, 0.25) is 0 Å². The highest BCUT2D eigenvalue weighted by Crippen LogP contribution is 2.16. The maximum absolute atomic E-state index is 12.0. The number of nitrogen functional groups attached to an aromatic ring is 1. The third-order valence-corrected chi connectivity index (χ3v) is 4.01. The normalized spacial score (nSPS) is 19.3. The number of carbonyl (C=O) groups is 1. The molecule has 0 aliphatic carbocycles. The number of aliphatic hydroxyl groups excluding tert-OH is 1. The Morgan fingerprint density at radius 3 is 2.68 bits per heavy atom. The molecular formula is C18H31N3O3S. The molecule has 0 radical (unpaired) electrons. The Bertz CT molecular complexity index is 563. The molecule has 1 saturated heterocycles. The summed E-state index contributed by atoms with van der Waals surface area (Å²) in [5, 5.41) is 9.72. The summed E-state index contributed by atoms with van der Waals surface area (Å²) >= 11 is 0. The lowest BCUT2D eigenvalue weighted by atomic mass is 10.1. The molecule has 142 valence electrons. The van der Waals surface area contributed by atoms with Gasteiger partial charge in [-0.25, -0.2) is 0 Å². The topological polar surface area (TPSA) is 79.0 Å². The van der Waals surface area contributed by atoms with Crippen LogP contribution in [0.4, 0.5) is 5.69 Å². The van der Waals surface area contributed by atoms with Crippen molar-refractivity contribution in [3.8, 4) is 0 Å². The molecule has 1 aliphatic rings. The minimum absolute atomic E-state index is 0. The third kappa shape index (κ3) is 7.23. The monoisotopic (exact) mass is 369 g/mol. The van der Waals surface area contributed by atoms with Gasteiger partial charge >= 0.3 is 5.97 Å². The SMILES string of the molecule is CC(C)(C)OC(=O)CN1CCN(Cc2cccc(N)c2)C(CO)C1.S. The highest BCUT2D eigenvalue weighted by molar-refractivity contribution is 7.59. The molecule has 1 atom stereocenters. The second-order valence-corrected chi connectivity index (χ2v) is 7.37. The zero-order valence-corrected chi connectivity index (χ0v) is 16.4. The van der Waals surface area contributed by atoms with Gasteiger partial charge in [-0.1, -0.05) is 12.1 Å². The fraction of sp³-hybridized carbons (Fsp3) is 0.611. The fourth-order valence-electron chi connectivity index (χ4n) is 2.96. The van der Waals surface area contributed by atoms with E-state index in [0.717, 1.165) is 30.9 Å². The molecule has 0 spiro atoms. The van der Waals surface area contributed by atoms with Gasteiger partial charge in [0.15, 0.2) is 0 Å². The number of nitrogens with two attached hydrogens (primary N) is 1. The first-order valence-electron chi connectivity index (χ1n) is 8.40. The second-order valence-electron chi connectivity index (χ2n) is 7.37. The average molecular weight is 370 g/mol. The van der Waals surface area contributed by atoms with Crippen LogP contribution in [0.25, 0.3) is 0 Å². The van der Waals surface area contributed by atoms with E-state index >= 15 is 0 Å². The number of anilines is 1. The first-order chi connectivity index (χ1) is 11.3. The van der Waals surface area contributed by atoms with Gasteiger partial charge in [-0.3, -0.25) is 14.6 Å². The van der Waals surface area contributed by atoms with Gasteiger partial charge in [-0.2, -0.15) is 13.5 Å². The molecule has 1 fully saturated rings. The lowest BCUT2D eigenvalue weighted by Gasteiger charge is -2.40. The number of hydrogen-bond acceptors (Lipinski definition) is 6. The number of ether oxygens (including phenoxy) is 1. The number of piperazine rings is 1. The highest BCUT2D eigenvalue weighted by atomic mass is 32.1. The zero-order chi connectivity index (χ0) is 17.7. The van der Waals surface area contributed by atoms with E-state index in [1.54, 1.807) is 0 Å². The van der Waals surface area contributed by atoms with Crippen LogP contribution >= 0.6 is 13.5 Å². The minimum atomic E-state index is -0.470. The average Bonchev–Trinajstić information content (AvgIpc) is 2.47.